The van der Waals surface area contributed by atoms with Crippen LogP contribution >= 0.6 is 12.2 Å². The topological polar surface area (TPSA) is 65.2 Å². The molecule has 6 nitrogen and oxygen atoms in total. The van der Waals surface area contributed by atoms with Gasteiger partial charge in [-0.25, -0.2) is 0 Å². The van der Waals surface area contributed by atoms with Gasteiger partial charge in [0.15, 0.2) is 5.11 Å². The van der Waals surface area contributed by atoms with Crippen molar-refractivity contribution in [3.8, 4) is 6.07 Å². The third-order valence-corrected chi connectivity index (χ3v) is 6.78. The number of alkyl halides is 3. The lowest BCUT2D eigenvalue weighted by molar-refractivity contribution is -0.137. The number of rotatable bonds is 4. The Bertz CT molecular complexity index is 1590. The van der Waals surface area contributed by atoms with Crippen LogP contribution in [-0.4, -0.2) is 26.3 Å². The number of aromatic nitrogens is 2. The van der Waals surface area contributed by atoms with Crippen LogP contribution in [0.1, 0.15) is 30.5 Å². The predicted molar refractivity (Wildman–Crippen MR) is 138 cm³/mol. The molecular weight excluding hydrogens is 499 g/mol. The lowest BCUT2D eigenvalue weighted by Crippen LogP contribution is -2.44. The molecule has 0 aliphatic carbocycles. The molecule has 1 aliphatic heterocycles. The zero-order valence-electron chi connectivity index (χ0n) is 19.8. The van der Waals surface area contributed by atoms with Gasteiger partial charge in [-0.2, -0.15) is 23.5 Å². The molecular formula is C27H20F3N5OS. The van der Waals surface area contributed by atoms with Gasteiger partial charge in [-0.1, -0.05) is 30.3 Å². The Morgan fingerprint density at radius 2 is 1.73 bits per heavy atom. The van der Waals surface area contributed by atoms with E-state index in [-0.39, 0.29) is 10.8 Å². The molecule has 1 aromatic heterocycles. The summed E-state index contributed by atoms with van der Waals surface area (Å²) in [6.07, 6.45) is -3.03. The fraction of sp³-hybridized carbons (Fsp3) is 0.185. The molecule has 1 amide bonds. The van der Waals surface area contributed by atoms with Gasteiger partial charge >= 0.3 is 6.18 Å². The first kappa shape index (κ1) is 24.5. The smallest absolute Gasteiger partial charge is 0.304 e. The van der Waals surface area contributed by atoms with Crippen molar-refractivity contribution >= 4 is 45.5 Å². The molecule has 1 saturated heterocycles. The number of benzene rings is 3. The van der Waals surface area contributed by atoms with E-state index in [9.17, 15) is 18.0 Å². The van der Waals surface area contributed by atoms with Gasteiger partial charge in [-0.3, -0.25) is 14.4 Å². The molecule has 37 heavy (non-hydrogen) atoms. The lowest BCUT2D eigenvalue weighted by atomic mass is 10.0. The average molecular weight is 520 g/mol. The number of amides is 1. The molecule has 0 unspecified atom stereocenters. The summed E-state index contributed by atoms with van der Waals surface area (Å²) in [4.78, 5) is 16.2. The van der Waals surface area contributed by atoms with Crippen LogP contribution in [0, 0.1) is 11.3 Å². The number of halogens is 3. The number of carbonyl (C=O) groups is 1. The van der Waals surface area contributed by atoms with Crippen LogP contribution in [0.2, 0.25) is 0 Å². The van der Waals surface area contributed by atoms with E-state index < -0.39 is 28.7 Å². The molecule has 0 radical (unpaired) electrons. The number of carbonyl (C=O) groups excluding carboxylic acids is 1. The van der Waals surface area contributed by atoms with Crippen molar-refractivity contribution in [2.24, 2.45) is 0 Å². The number of thiocarbonyl (C=S) groups is 1. The molecule has 1 fully saturated rings. The van der Waals surface area contributed by atoms with Crippen molar-refractivity contribution in [3.05, 3.63) is 89.6 Å². The lowest BCUT2D eigenvalue weighted by Gasteiger charge is -2.29. The third kappa shape index (κ3) is 4.11. The summed E-state index contributed by atoms with van der Waals surface area (Å²) in [6, 6.07) is 20.2. The molecule has 0 N–H and O–H groups in total. The van der Waals surface area contributed by atoms with Gasteiger partial charge in [-0.15, -0.1) is 0 Å². The Hall–Kier alpha value is -4.23. The van der Waals surface area contributed by atoms with E-state index in [0.29, 0.717) is 12.2 Å². The van der Waals surface area contributed by atoms with Gasteiger partial charge in [0.05, 0.1) is 41.1 Å². The van der Waals surface area contributed by atoms with Gasteiger partial charge in [0.1, 0.15) is 5.54 Å². The summed E-state index contributed by atoms with van der Waals surface area (Å²) >= 11 is 5.63. The first-order valence-corrected chi connectivity index (χ1v) is 11.7. The fourth-order valence-corrected chi connectivity index (χ4v) is 5.08. The highest BCUT2D eigenvalue weighted by molar-refractivity contribution is 7.81. The zero-order valence-corrected chi connectivity index (χ0v) is 20.6. The maximum atomic E-state index is 13.6. The highest BCUT2D eigenvalue weighted by atomic mass is 32.1. The van der Waals surface area contributed by atoms with Crippen LogP contribution in [0.25, 0.3) is 10.9 Å². The van der Waals surface area contributed by atoms with Gasteiger partial charge in [0.25, 0.3) is 5.91 Å². The summed E-state index contributed by atoms with van der Waals surface area (Å²) in [7, 11) is 0. The molecule has 1 aliphatic rings. The monoisotopic (exact) mass is 519 g/mol. The molecule has 3 aromatic carbocycles. The maximum absolute atomic E-state index is 13.6. The van der Waals surface area contributed by atoms with Crippen LogP contribution < -0.4 is 9.80 Å². The number of hydrogen-bond acceptors (Lipinski definition) is 4. The number of nitrogens with zero attached hydrogens (tertiary/aromatic N) is 5. The Morgan fingerprint density at radius 3 is 2.41 bits per heavy atom. The third-order valence-electron chi connectivity index (χ3n) is 6.41. The minimum Gasteiger partial charge on any atom is -0.304 e. The van der Waals surface area contributed by atoms with E-state index >= 15 is 0 Å². The van der Waals surface area contributed by atoms with Crippen molar-refractivity contribution in [3.63, 3.8) is 0 Å². The minimum atomic E-state index is -4.76. The quantitative estimate of drug-likeness (QED) is 0.315. The average Bonchev–Trinajstić information content (AvgIpc) is 3.33. The van der Waals surface area contributed by atoms with Crippen LogP contribution in [0.5, 0.6) is 0 Å². The SMILES string of the molecule is CC1(C)C(=O)N(c2ccc(C#N)c(C(F)(F)F)c2)C(=S)N1c1ccc2c(cnn2Cc2ccccc2)c1. The second kappa shape index (κ2) is 8.71. The van der Waals surface area contributed by atoms with Crippen molar-refractivity contribution in [2.75, 3.05) is 9.80 Å². The summed E-state index contributed by atoms with van der Waals surface area (Å²) in [5, 5.41) is 14.5. The molecule has 0 spiro atoms. The van der Waals surface area contributed by atoms with Gasteiger partial charge in [0, 0.05) is 11.1 Å². The van der Waals surface area contributed by atoms with Gasteiger partial charge in [-0.05, 0) is 68.0 Å². The van der Waals surface area contributed by atoms with Crippen molar-refractivity contribution in [1.82, 2.24) is 9.78 Å². The molecule has 0 bridgehead atoms. The Balaban J connectivity index is 1.52. The highest BCUT2D eigenvalue weighted by Crippen LogP contribution is 2.40. The molecule has 2 heterocycles. The molecule has 4 aromatic rings. The number of fused-ring (bicyclic) bond motifs is 1. The standard InChI is InChI=1S/C27H20F3N5OS/c1-26(2)24(36)34(20-9-8-18(14-31)22(13-20)27(28,29)30)25(37)35(26)21-10-11-23-19(12-21)15-32-33(23)16-17-6-4-3-5-7-17/h3-13,15H,16H2,1-2H3. The second-order valence-electron chi connectivity index (χ2n) is 9.19. The van der Waals surface area contributed by atoms with E-state index in [1.807, 2.05) is 53.2 Å². The molecule has 5 rings (SSSR count). The van der Waals surface area contributed by atoms with Crippen LogP contribution in [0.4, 0.5) is 24.5 Å². The molecule has 10 heteroatoms. The number of nitriles is 1. The van der Waals surface area contributed by atoms with Crippen molar-refractivity contribution < 1.29 is 18.0 Å². The van der Waals surface area contributed by atoms with Crippen LogP contribution in [0.15, 0.2) is 72.9 Å². The van der Waals surface area contributed by atoms with Crippen LogP contribution in [-0.2, 0) is 17.5 Å². The van der Waals surface area contributed by atoms with Crippen LogP contribution in [0.3, 0.4) is 0 Å². The first-order chi connectivity index (χ1) is 17.5. The summed E-state index contributed by atoms with van der Waals surface area (Å²) < 4.78 is 42.6. The van der Waals surface area contributed by atoms with Crippen molar-refractivity contribution in [2.45, 2.75) is 32.1 Å². The predicted octanol–water partition coefficient (Wildman–Crippen LogP) is 5.89. The highest BCUT2D eigenvalue weighted by Gasteiger charge is 2.50. The largest absolute Gasteiger partial charge is 0.417 e. The zero-order chi connectivity index (χ0) is 26.5. The summed E-state index contributed by atoms with van der Waals surface area (Å²) in [5.74, 6) is -0.477. The van der Waals surface area contributed by atoms with E-state index in [0.717, 1.165) is 33.5 Å². The van der Waals surface area contributed by atoms with Gasteiger partial charge < -0.3 is 4.90 Å². The van der Waals surface area contributed by atoms with E-state index in [1.54, 1.807) is 31.0 Å². The number of hydrogen-bond donors (Lipinski definition) is 0. The van der Waals surface area contributed by atoms with Gasteiger partial charge in [0.2, 0.25) is 0 Å². The number of anilines is 2. The molecule has 186 valence electrons. The summed E-state index contributed by atoms with van der Waals surface area (Å²) in [6.45, 7) is 3.92. The second-order valence-corrected chi connectivity index (χ2v) is 9.55. The Morgan fingerprint density at radius 1 is 1.03 bits per heavy atom. The minimum absolute atomic E-state index is 0.0452. The van der Waals surface area contributed by atoms with E-state index in [1.165, 1.54) is 6.07 Å². The normalized spacial score (nSPS) is 15.5. The van der Waals surface area contributed by atoms with Crippen molar-refractivity contribution in [1.29, 1.82) is 5.26 Å². The van der Waals surface area contributed by atoms with E-state index in [2.05, 4.69) is 5.10 Å². The summed E-state index contributed by atoms with van der Waals surface area (Å²) in [5.41, 5.74) is -0.261. The molecule has 0 atom stereocenters. The Labute approximate surface area is 216 Å². The first-order valence-electron chi connectivity index (χ1n) is 11.3. The maximum Gasteiger partial charge on any atom is 0.417 e. The van der Waals surface area contributed by atoms with E-state index in [4.69, 9.17) is 17.5 Å². The molecule has 0 saturated carbocycles. The fourth-order valence-electron chi connectivity index (χ4n) is 4.56. The Kier molecular flexibility index (Phi) is 5.76.